The molecule has 2 aromatic carbocycles. The van der Waals surface area contributed by atoms with Gasteiger partial charge in [0.15, 0.2) is 0 Å². The monoisotopic (exact) mass is 419 g/mol. The summed E-state index contributed by atoms with van der Waals surface area (Å²) in [5, 5.41) is 4.33. The Bertz CT molecular complexity index is 1170. The summed E-state index contributed by atoms with van der Waals surface area (Å²) in [6.07, 6.45) is 1.60. The molecular formula is C24H22ClN3O2. The maximum absolute atomic E-state index is 13.0. The number of fused-ring (bicyclic) bond motifs is 1. The lowest BCUT2D eigenvalue weighted by atomic mass is 10.1. The van der Waals surface area contributed by atoms with Crippen LogP contribution in [0.3, 0.4) is 0 Å². The molecule has 2 heterocycles. The van der Waals surface area contributed by atoms with Crippen LogP contribution in [0.25, 0.3) is 10.9 Å². The highest BCUT2D eigenvalue weighted by Crippen LogP contribution is 2.26. The summed E-state index contributed by atoms with van der Waals surface area (Å²) in [5.41, 5.74) is 4.61. The fourth-order valence-electron chi connectivity index (χ4n) is 3.50. The minimum absolute atomic E-state index is 0.241. The summed E-state index contributed by atoms with van der Waals surface area (Å²) in [7, 11) is 0. The Morgan fingerprint density at radius 3 is 2.60 bits per heavy atom. The first-order chi connectivity index (χ1) is 14.5. The highest BCUT2D eigenvalue weighted by molar-refractivity contribution is 6.30. The van der Waals surface area contributed by atoms with Gasteiger partial charge in [0.05, 0.1) is 24.9 Å². The van der Waals surface area contributed by atoms with Crippen LogP contribution in [-0.4, -0.2) is 15.9 Å². The van der Waals surface area contributed by atoms with E-state index in [-0.39, 0.29) is 6.03 Å². The Morgan fingerprint density at radius 1 is 1.07 bits per heavy atom. The maximum Gasteiger partial charge on any atom is 0.322 e. The first-order valence-electron chi connectivity index (χ1n) is 9.69. The Kier molecular flexibility index (Phi) is 5.72. The van der Waals surface area contributed by atoms with Crippen molar-refractivity contribution in [2.24, 2.45) is 0 Å². The second-order valence-corrected chi connectivity index (χ2v) is 7.68. The minimum atomic E-state index is -0.241. The van der Waals surface area contributed by atoms with Crippen molar-refractivity contribution in [3.63, 3.8) is 0 Å². The Morgan fingerprint density at radius 2 is 1.87 bits per heavy atom. The summed E-state index contributed by atoms with van der Waals surface area (Å²) >= 11 is 6.51. The predicted octanol–water partition coefficient (Wildman–Crippen LogP) is 6.33. The van der Waals surface area contributed by atoms with Crippen molar-refractivity contribution in [2.75, 3.05) is 5.32 Å². The molecule has 152 valence electrons. The number of urea groups is 1. The minimum Gasteiger partial charge on any atom is -0.467 e. The normalized spacial score (nSPS) is 10.9. The molecule has 4 rings (SSSR count). The van der Waals surface area contributed by atoms with Crippen molar-refractivity contribution in [2.45, 2.75) is 26.9 Å². The first kappa shape index (κ1) is 20.0. The van der Waals surface area contributed by atoms with E-state index in [9.17, 15) is 4.79 Å². The molecule has 6 heteroatoms. The first-order valence-corrected chi connectivity index (χ1v) is 10.1. The Hall–Kier alpha value is -3.31. The fraction of sp³-hybridized carbons (Fsp3) is 0.167. The van der Waals surface area contributed by atoms with Crippen LogP contribution >= 0.6 is 11.6 Å². The molecular weight excluding hydrogens is 398 g/mol. The summed E-state index contributed by atoms with van der Waals surface area (Å²) < 4.78 is 5.46. The van der Waals surface area contributed by atoms with Gasteiger partial charge >= 0.3 is 6.03 Å². The molecule has 0 atom stereocenters. The molecule has 0 bridgehead atoms. The van der Waals surface area contributed by atoms with Gasteiger partial charge in [0.25, 0.3) is 0 Å². The number of carbonyl (C=O) groups excluding carboxylic acids is 1. The molecule has 2 amide bonds. The van der Waals surface area contributed by atoms with Gasteiger partial charge in [-0.05, 0) is 55.8 Å². The molecule has 0 aliphatic rings. The zero-order valence-electron chi connectivity index (χ0n) is 16.9. The van der Waals surface area contributed by atoms with Crippen molar-refractivity contribution in [1.29, 1.82) is 0 Å². The molecule has 0 aliphatic heterocycles. The molecule has 4 aromatic rings. The molecule has 2 aromatic heterocycles. The third-order valence-electron chi connectivity index (χ3n) is 4.88. The number of carbonyl (C=O) groups is 1. The zero-order valence-corrected chi connectivity index (χ0v) is 17.6. The topological polar surface area (TPSA) is 58.4 Å². The highest BCUT2D eigenvalue weighted by Gasteiger charge is 2.19. The van der Waals surface area contributed by atoms with Crippen LogP contribution in [0.1, 0.15) is 22.5 Å². The van der Waals surface area contributed by atoms with E-state index in [2.05, 4.69) is 29.4 Å². The number of anilines is 1. The van der Waals surface area contributed by atoms with Crippen LogP contribution < -0.4 is 5.32 Å². The average Bonchev–Trinajstić information content (AvgIpc) is 3.22. The molecule has 0 saturated heterocycles. The molecule has 0 saturated carbocycles. The molecule has 0 spiro atoms. The van der Waals surface area contributed by atoms with Crippen LogP contribution in [-0.2, 0) is 13.1 Å². The maximum atomic E-state index is 13.0. The van der Waals surface area contributed by atoms with Gasteiger partial charge in [-0.3, -0.25) is 0 Å². The van der Waals surface area contributed by atoms with Crippen molar-refractivity contribution in [1.82, 2.24) is 9.88 Å². The predicted molar refractivity (Wildman–Crippen MR) is 120 cm³/mol. The molecule has 0 fully saturated rings. The van der Waals surface area contributed by atoms with E-state index < -0.39 is 0 Å². The zero-order chi connectivity index (χ0) is 21.1. The van der Waals surface area contributed by atoms with Crippen LogP contribution in [0.4, 0.5) is 10.5 Å². The highest BCUT2D eigenvalue weighted by atomic mass is 35.5. The number of aromatic nitrogens is 1. The van der Waals surface area contributed by atoms with Gasteiger partial charge in [0.2, 0.25) is 0 Å². The second kappa shape index (κ2) is 8.59. The SMILES string of the molecule is Cc1cc(C)c2nc(Cl)c(CN(Cc3ccco3)C(=O)Nc3ccccc3)cc2c1. The van der Waals surface area contributed by atoms with Crippen LogP contribution in [0, 0.1) is 13.8 Å². The van der Waals surface area contributed by atoms with Crippen molar-refractivity contribution < 1.29 is 9.21 Å². The summed E-state index contributed by atoms with van der Waals surface area (Å²) in [6, 6.07) is 18.9. The number of halogens is 1. The van der Waals surface area contributed by atoms with E-state index in [1.807, 2.05) is 49.4 Å². The Labute approximate surface area is 180 Å². The molecule has 1 N–H and O–H groups in total. The second-order valence-electron chi connectivity index (χ2n) is 7.32. The van der Waals surface area contributed by atoms with Gasteiger partial charge in [0, 0.05) is 16.6 Å². The van der Waals surface area contributed by atoms with E-state index in [1.165, 1.54) is 0 Å². The lowest BCUT2D eigenvalue weighted by Gasteiger charge is -2.23. The lowest BCUT2D eigenvalue weighted by Crippen LogP contribution is -2.34. The molecule has 5 nitrogen and oxygen atoms in total. The van der Waals surface area contributed by atoms with Crippen LogP contribution in [0.5, 0.6) is 0 Å². The number of nitrogens with zero attached hydrogens (tertiary/aromatic N) is 2. The van der Waals surface area contributed by atoms with Gasteiger partial charge in [-0.2, -0.15) is 0 Å². The smallest absolute Gasteiger partial charge is 0.322 e. The summed E-state index contributed by atoms with van der Waals surface area (Å²) in [4.78, 5) is 19.3. The quantitative estimate of drug-likeness (QED) is 0.384. The van der Waals surface area contributed by atoms with Gasteiger partial charge in [-0.15, -0.1) is 0 Å². The molecule has 30 heavy (non-hydrogen) atoms. The summed E-state index contributed by atoms with van der Waals surface area (Å²) in [6.45, 7) is 4.69. The van der Waals surface area contributed by atoms with Crippen molar-refractivity contribution in [3.8, 4) is 0 Å². The molecule has 0 aliphatic carbocycles. The van der Waals surface area contributed by atoms with E-state index in [0.29, 0.717) is 24.0 Å². The summed E-state index contributed by atoms with van der Waals surface area (Å²) in [5.74, 6) is 0.690. The fourth-order valence-corrected chi connectivity index (χ4v) is 3.70. The number of amides is 2. The number of benzene rings is 2. The number of para-hydroxylation sites is 1. The van der Waals surface area contributed by atoms with Gasteiger partial charge in [-0.25, -0.2) is 9.78 Å². The molecule has 0 radical (unpaired) electrons. The van der Waals surface area contributed by atoms with E-state index in [1.54, 1.807) is 17.2 Å². The lowest BCUT2D eigenvalue weighted by molar-refractivity contribution is 0.201. The standard InChI is InChI=1S/C24H22ClN3O2/c1-16-11-17(2)22-18(12-16)13-19(23(25)27-22)14-28(15-21-9-6-10-30-21)24(29)26-20-7-4-3-5-8-20/h3-13H,14-15H2,1-2H3,(H,26,29). The number of pyridine rings is 1. The molecule has 0 unspecified atom stereocenters. The van der Waals surface area contributed by atoms with E-state index in [4.69, 9.17) is 16.0 Å². The Balaban J connectivity index is 1.65. The number of hydrogen-bond acceptors (Lipinski definition) is 3. The number of aryl methyl sites for hydroxylation is 2. The van der Waals surface area contributed by atoms with Crippen LogP contribution in [0.15, 0.2) is 71.3 Å². The third kappa shape index (κ3) is 4.47. The van der Waals surface area contributed by atoms with Gasteiger partial charge < -0.3 is 14.6 Å². The number of rotatable bonds is 5. The van der Waals surface area contributed by atoms with Gasteiger partial charge in [0.1, 0.15) is 10.9 Å². The van der Waals surface area contributed by atoms with Crippen molar-refractivity contribution >= 4 is 34.2 Å². The van der Waals surface area contributed by atoms with Crippen LogP contribution in [0.2, 0.25) is 5.15 Å². The van der Waals surface area contributed by atoms with Crippen molar-refractivity contribution in [3.05, 3.63) is 94.5 Å². The number of hydrogen-bond donors (Lipinski definition) is 1. The largest absolute Gasteiger partial charge is 0.467 e. The third-order valence-corrected chi connectivity index (χ3v) is 5.21. The van der Waals surface area contributed by atoms with Gasteiger partial charge in [-0.1, -0.05) is 41.4 Å². The van der Waals surface area contributed by atoms with E-state index >= 15 is 0 Å². The average molecular weight is 420 g/mol. The van der Waals surface area contributed by atoms with E-state index in [0.717, 1.165) is 33.3 Å². The number of furan rings is 1. The number of nitrogens with one attached hydrogen (secondary N) is 1.